The van der Waals surface area contributed by atoms with Crippen molar-refractivity contribution in [3.63, 3.8) is 0 Å². The fourth-order valence-corrected chi connectivity index (χ4v) is 9.90. The van der Waals surface area contributed by atoms with Crippen LogP contribution in [0.5, 0.6) is 23.0 Å². The van der Waals surface area contributed by atoms with Crippen molar-refractivity contribution in [1.29, 1.82) is 0 Å². The van der Waals surface area contributed by atoms with E-state index in [1.165, 1.54) is 22.3 Å². The third-order valence-electron chi connectivity index (χ3n) is 12.6. The largest absolute Gasteiger partial charge is 0.582 e. The number of aliphatic hydroxyl groups is 2. The molecule has 6 aromatic carbocycles. The first-order valence-electron chi connectivity index (χ1n) is 25.1. The second kappa shape index (κ2) is 25.2. The third kappa shape index (κ3) is 16.0. The summed E-state index contributed by atoms with van der Waals surface area (Å²) in [7, 11) is 0. The van der Waals surface area contributed by atoms with Crippen LogP contribution in [0.15, 0.2) is 156 Å². The van der Waals surface area contributed by atoms with Gasteiger partial charge < -0.3 is 19.7 Å². The number of rotatable bonds is 11. The molecular weight excluding hydrogens is 1100 g/mol. The molecule has 2 aromatic heterocycles. The first kappa shape index (κ1) is 58.4. The minimum absolute atomic E-state index is 0. The van der Waals surface area contributed by atoms with Crippen molar-refractivity contribution in [3.8, 4) is 66.1 Å². The van der Waals surface area contributed by atoms with Crippen molar-refractivity contribution in [2.75, 3.05) is 13.2 Å². The Morgan fingerprint density at radius 2 is 0.685 bits per heavy atom. The summed E-state index contributed by atoms with van der Waals surface area (Å²) in [6, 6.07) is 49.6. The minimum Gasteiger partial charge on any atom is -0.582 e. The third-order valence-corrected chi connectivity index (χ3v) is 14.6. The Labute approximate surface area is 465 Å². The summed E-state index contributed by atoms with van der Waals surface area (Å²) in [5.41, 5.74) is 12.8. The van der Waals surface area contributed by atoms with E-state index in [1.54, 1.807) is 22.7 Å². The van der Waals surface area contributed by atoms with Crippen LogP contribution >= 0.6 is 22.7 Å². The molecule has 8 rings (SSSR count). The summed E-state index contributed by atoms with van der Waals surface area (Å²) in [5.74, 6) is 2.39. The molecule has 4 N–H and O–H groups in total. The molecule has 0 atom stereocenters. The van der Waals surface area contributed by atoms with Crippen LogP contribution in [0.3, 0.4) is 0 Å². The first-order valence-corrected chi connectivity index (χ1v) is 26.9. The van der Waals surface area contributed by atoms with Gasteiger partial charge >= 0.3 is 0 Å². The van der Waals surface area contributed by atoms with E-state index in [0.717, 1.165) is 78.6 Å². The standard InChI is InChI=1S/C52H62O4S2.2C7H7.Hf/c1-49(2,3)35-25-33(26-36(29-35)50(4,5)6)47-45(53)41(31-57-47)39-19-13-15-21-43(39)55-23-17-18-24-56-44-22-16-14-20-40(44)42-32-58-48(46(42)54)34-27-37(51(7,8)9)30-38(28-34)52(10,11)12;2*1-7-5-3-2-4-6-7;/h13-16,19-22,25-32,53-54H,17-18,23-24H2,1-12H3;2*2-6H,1H2;/q;2*-1;/p+2. The fraction of sp³-hybridized carbons (Fsp3) is 0.303. The Bertz CT molecular complexity index is 2720. The monoisotopic (exact) mass is 1180 g/mol. The Hall–Kier alpha value is -5.47. The summed E-state index contributed by atoms with van der Waals surface area (Å²) in [6.07, 6.45) is 1.76. The summed E-state index contributed by atoms with van der Waals surface area (Å²) < 4.78 is 10.0. The Kier molecular flexibility index (Phi) is 20.1. The van der Waals surface area contributed by atoms with Crippen LogP contribution in [0.25, 0.3) is 43.1 Å². The molecule has 73 heavy (non-hydrogen) atoms. The number of hydrogen-bond donors (Lipinski definition) is 2. The molecule has 0 spiro atoms. The zero-order chi connectivity index (χ0) is 52.4. The van der Waals surface area contributed by atoms with Crippen LogP contribution in [0.2, 0.25) is 0 Å². The molecule has 0 aliphatic carbocycles. The SMILES string of the molecule is CC(C)(C)c1cc(-c2scc(-c3ccccc3[OH+]CCCC[OH+]c3ccccc3-c3csc(-c4cc(C(C)(C)C)cc(C(C)(C)C)c4)c3O)c2O)cc(C(C)(C)C)c1.[CH2-]c1ccccc1.[CH2-]c1ccccc1.[Hf]. The van der Waals surface area contributed by atoms with Gasteiger partial charge in [0.1, 0.15) is 11.5 Å². The zero-order valence-corrected chi connectivity index (χ0v) is 50.6. The molecule has 382 valence electrons. The van der Waals surface area contributed by atoms with Crippen molar-refractivity contribution < 1.29 is 45.5 Å². The summed E-state index contributed by atoms with van der Waals surface area (Å²) in [4.78, 5) is 1.78. The Morgan fingerprint density at radius 1 is 0.397 bits per heavy atom. The van der Waals surface area contributed by atoms with E-state index in [1.807, 2.05) is 97.1 Å². The maximum absolute atomic E-state index is 11.7. The van der Waals surface area contributed by atoms with Crippen molar-refractivity contribution >= 4 is 22.7 Å². The van der Waals surface area contributed by atoms with Gasteiger partial charge in [0.05, 0.1) is 20.9 Å². The van der Waals surface area contributed by atoms with E-state index in [9.17, 15) is 10.2 Å². The number of unbranched alkanes of at least 4 members (excludes halogenated alkanes) is 1. The molecule has 0 radical (unpaired) electrons. The van der Waals surface area contributed by atoms with Crippen LogP contribution in [0, 0.1) is 13.8 Å². The van der Waals surface area contributed by atoms with Gasteiger partial charge in [0, 0.05) is 72.7 Å². The molecule has 0 saturated carbocycles. The van der Waals surface area contributed by atoms with Crippen molar-refractivity contribution in [1.82, 2.24) is 0 Å². The maximum Gasteiger partial charge on any atom is 0.262 e. The van der Waals surface area contributed by atoms with Crippen LogP contribution in [-0.2, 0) is 47.5 Å². The quantitative estimate of drug-likeness (QED) is 0.0587. The van der Waals surface area contributed by atoms with Gasteiger partial charge in [-0.2, -0.15) is 49.2 Å². The molecule has 7 heteroatoms. The number of benzene rings is 6. The zero-order valence-electron chi connectivity index (χ0n) is 45.4. The number of ether oxygens (including phenoxy) is 2. The molecule has 0 bridgehead atoms. The number of aromatic hydroxyl groups is 4. The minimum atomic E-state index is -0.0124. The molecule has 0 fully saturated rings. The molecule has 8 aromatic rings. The van der Waals surface area contributed by atoms with E-state index in [2.05, 4.69) is 156 Å². The van der Waals surface area contributed by atoms with Crippen LogP contribution in [0.1, 0.15) is 129 Å². The average Bonchev–Trinajstić information content (AvgIpc) is 3.91. The molecule has 4 nitrogen and oxygen atoms in total. The van der Waals surface area contributed by atoms with Crippen LogP contribution in [0.4, 0.5) is 0 Å². The van der Waals surface area contributed by atoms with Gasteiger partial charge in [-0.1, -0.05) is 132 Å². The van der Waals surface area contributed by atoms with E-state index < -0.39 is 0 Å². The van der Waals surface area contributed by atoms with Gasteiger partial charge in [0.25, 0.3) is 11.5 Å². The summed E-state index contributed by atoms with van der Waals surface area (Å²) in [6.45, 7) is 35.7. The smallest absolute Gasteiger partial charge is 0.262 e. The van der Waals surface area contributed by atoms with Gasteiger partial charge in [0.15, 0.2) is 13.2 Å². The first-order chi connectivity index (χ1) is 33.9. The number of thiophene rings is 2. The van der Waals surface area contributed by atoms with E-state index in [-0.39, 0.29) is 47.5 Å². The molecule has 0 amide bonds. The van der Waals surface area contributed by atoms with Crippen molar-refractivity contribution in [2.24, 2.45) is 0 Å². The molecule has 0 saturated heterocycles. The molecule has 0 aliphatic heterocycles. The van der Waals surface area contributed by atoms with E-state index in [0.29, 0.717) is 24.7 Å². The maximum atomic E-state index is 11.7. The number of para-hydroxylation sites is 2. The molecule has 0 aliphatic rings. The second-order valence-electron chi connectivity index (χ2n) is 22.7. The van der Waals surface area contributed by atoms with Crippen LogP contribution < -0.4 is 0 Å². The van der Waals surface area contributed by atoms with E-state index >= 15 is 0 Å². The predicted molar refractivity (Wildman–Crippen MR) is 313 cm³/mol. The van der Waals surface area contributed by atoms with Crippen molar-refractivity contribution in [3.05, 3.63) is 204 Å². The average molecular weight is 1180 g/mol. The topological polar surface area (TPSA) is 66.1 Å². The van der Waals surface area contributed by atoms with Crippen molar-refractivity contribution in [2.45, 2.75) is 118 Å². The van der Waals surface area contributed by atoms with E-state index in [4.69, 9.17) is 9.47 Å². The van der Waals surface area contributed by atoms with Gasteiger partial charge in [-0.05, 0) is 91.4 Å². The molecule has 2 heterocycles. The molecule has 0 unspecified atom stereocenters. The molecular formula is C66H78HfO4S2. The normalized spacial score (nSPS) is 11.6. The van der Waals surface area contributed by atoms with Gasteiger partial charge in [0.2, 0.25) is 0 Å². The van der Waals surface area contributed by atoms with Gasteiger partial charge in [-0.15, -0.1) is 46.9 Å². The fourth-order valence-electron chi connectivity index (χ4n) is 8.00. The second-order valence-corrected chi connectivity index (χ2v) is 24.5. The van der Waals surface area contributed by atoms with Gasteiger partial charge in [-0.25, -0.2) is 0 Å². The Balaban J connectivity index is 0.000000566. The Morgan fingerprint density at radius 3 is 0.959 bits per heavy atom. The summed E-state index contributed by atoms with van der Waals surface area (Å²) in [5, 5.41) is 27.5. The summed E-state index contributed by atoms with van der Waals surface area (Å²) >= 11 is 3.18. The predicted octanol–water partition coefficient (Wildman–Crippen LogP) is 18.8. The van der Waals surface area contributed by atoms with Crippen LogP contribution in [-0.4, -0.2) is 32.9 Å². The number of hydrogen-bond acceptors (Lipinski definition) is 4. The van der Waals surface area contributed by atoms with Gasteiger partial charge in [-0.3, -0.25) is 0 Å².